The molecule has 4 heteroatoms. The molecule has 0 aliphatic rings. The van der Waals surface area contributed by atoms with E-state index in [-0.39, 0.29) is 0 Å². The second-order valence-corrected chi connectivity index (χ2v) is 1.39. The number of hydrogen-bond acceptors (Lipinski definition) is 2. The van der Waals surface area contributed by atoms with Crippen molar-refractivity contribution in [1.29, 1.82) is 0 Å². The van der Waals surface area contributed by atoms with Gasteiger partial charge in [-0.05, 0) is 6.92 Å². The molecule has 3 nitrogen and oxygen atoms in total. The van der Waals surface area contributed by atoms with E-state index in [1.165, 1.54) is 0 Å². The van der Waals surface area contributed by atoms with Crippen LogP contribution in [0.25, 0.3) is 0 Å². The Kier molecular flexibility index (Phi) is 13.8. The Bertz CT molecular complexity index is 55.2. The summed E-state index contributed by atoms with van der Waals surface area (Å²) in [5.74, 6) is 0. The highest BCUT2D eigenvalue weighted by Crippen LogP contribution is 2.12. The first kappa shape index (κ1) is 10.9. The summed E-state index contributed by atoms with van der Waals surface area (Å²) in [6.07, 6.45) is 0. The summed E-state index contributed by atoms with van der Waals surface area (Å²) in [6.45, 7) is 5.95. The van der Waals surface area contributed by atoms with Crippen molar-refractivity contribution in [2.24, 2.45) is 0 Å². The summed E-state index contributed by atoms with van der Waals surface area (Å²) in [5.41, 5.74) is 0. The maximum Gasteiger partial charge on any atom is 0.694 e. The molecule has 0 saturated heterocycles. The summed E-state index contributed by atoms with van der Waals surface area (Å²) in [4.78, 5) is 7.84. The fourth-order valence-corrected chi connectivity index (χ4v) is 0.331. The van der Waals surface area contributed by atoms with E-state index in [9.17, 15) is 4.57 Å². The van der Waals surface area contributed by atoms with Crippen molar-refractivity contribution in [2.45, 2.75) is 20.8 Å². The maximum atomic E-state index is 9.53. The molecule has 50 valence electrons. The highest BCUT2D eigenvalue weighted by molar-refractivity contribution is 7.32. The minimum Gasteiger partial charge on any atom is -0.133 e. The van der Waals surface area contributed by atoms with Crippen LogP contribution in [0.4, 0.5) is 0 Å². The minimum atomic E-state index is -2.35. The normalized spacial score (nSPS) is 9.25. The Morgan fingerprint density at radius 1 is 1.62 bits per heavy atom. The van der Waals surface area contributed by atoms with E-state index in [1.54, 1.807) is 6.92 Å². The van der Waals surface area contributed by atoms with Crippen LogP contribution in [0.1, 0.15) is 20.8 Å². The lowest BCUT2D eigenvalue weighted by Gasteiger charge is -1.68. The van der Waals surface area contributed by atoms with Crippen molar-refractivity contribution < 1.29 is 14.0 Å². The molecule has 8 heavy (non-hydrogen) atoms. The average Bonchev–Trinajstić information content (AvgIpc) is 1.72. The molecule has 1 atom stereocenters. The van der Waals surface area contributed by atoms with Gasteiger partial charge in [-0.25, -0.2) is 0 Å². The zero-order valence-corrected chi connectivity index (χ0v) is 6.31. The van der Waals surface area contributed by atoms with Crippen molar-refractivity contribution in [1.82, 2.24) is 0 Å². The van der Waals surface area contributed by atoms with E-state index in [0.29, 0.717) is 6.61 Å². The van der Waals surface area contributed by atoms with E-state index in [4.69, 9.17) is 4.89 Å². The highest BCUT2D eigenvalue weighted by Gasteiger charge is 2.06. The van der Waals surface area contributed by atoms with Crippen molar-refractivity contribution in [3.05, 3.63) is 0 Å². The van der Waals surface area contributed by atoms with Crippen LogP contribution in [0.15, 0.2) is 0 Å². The van der Waals surface area contributed by atoms with Crippen LogP contribution < -0.4 is 0 Å². The molecule has 0 aromatic heterocycles. The molecule has 0 aromatic carbocycles. The first-order valence-electron chi connectivity index (χ1n) is 2.56. The van der Waals surface area contributed by atoms with Crippen molar-refractivity contribution in [3.63, 3.8) is 0 Å². The molecular formula is C4H12O3P+. The predicted octanol–water partition coefficient (Wildman–Crippen LogP) is 1.70. The monoisotopic (exact) mass is 139 g/mol. The number of hydrogen-bond donors (Lipinski definition) is 1. The van der Waals surface area contributed by atoms with Gasteiger partial charge in [0.05, 0.1) is 0 Å². The Hall–Kier alpha value is 0.0200. The predicted molar refractivity (Wildman–Crippen MR) is 32.8 cm³/mol. The molecule has 0 bridgehead atoms. The quantitative estimate of drug-likeness (QED) is 0.592. The smallest absolute Gasteiger partial charge is 0.133 e. The van der Waals surface area contributed by atoms with Gasteiger partial charge in [0.25, 0.3) is 0 Å². The summed E-state index contributed by atoms with van der Waals surface area (Å²) in [5, 5.41) is 0. The summed E-state index contributed by atoms with van der Waals surface area (Å²) < 4.78 is 13.6. The van der Waals surface area contributed by atoms with Gasteiger partial charge in [-0.1, -0.05) is 13.8 Å². The lowest BCUT2D eigenvalue weighted by atomic mass is 10.9. The number of rotatable bonds is 2. The molecule has 0 aliphatic carbocycles. The summed E-state index contributed by atoms with van der Waals surface area (Å²) in [7, 11) is -2.35. The van der Waals surface area contributed by atoms with Gasteiger partial charge in [0, 0.05) is 4.57 Å². The van der Waals surface area contributed by atoms with E-state index in [0.717, 1.165) is 0 Å². The van der Waals surface area contributed by atoms with E-state index >= 15 is 0 Å². The third-order valence-corrected chi connectivity index (χ3v) is 0.719. The Morgan fingerprint density at radius 2 is 2.00 bits per heavy atom. The van der Waals surface area contributed by atoms with Gasteiger partial charge in [0.15, 0.2) is 0 Å². The van der Waals surface area contributed by atoms with Crippen LogP contribution in [-0.2, 0) is 9.09 Å². The average molecular weight is 139 g/mol. The van der Waals surface area contributed by atoms with Crippen molar-refractivity contribution in [2.75, 3.05) is 6.61 Å². The Labute approximate surface area is 50.6 Å². The van der Waals surface area contributed by atoms with Crippen LogP contribution in [0.5, 0.6) is 0 Å². The fourth-order valence-electron chi connectivity index (χ4n) is 0.110. The van der Waals surface area contributed by atoms with Crippen LogP contribution in [0.2, 0.25) is 0 Å². The Morgan fingerprint density at radius 3 is 2.00 bits per heavy atom. The van der Waals surface area contributed by atoms with Gasteiger partial charge < -0.3 is 0 Å². The fraction of sp³-hybridized carbons (Fsp3) is 1.00. The van der Waals surface area contributed by atoms with Gasteiger partial charge in [0.2, 0.25) is 0 Å². The largest absolute Gasteiger partial charge is 0.694 e. The van der Waals surface area contributed by atoms with Gasteiger partial charge in [0.1, 0.15) is 6.61 Å². The van der Waals surface area contributed by atoms with E-state index < -0.39 is 8.25 Å². The second kappa shape index (κ2) is 10.1. The molecular weight excluding hydrogens is 127 g/mol. The van der Waals surface area contributed by atoms with Crippen molar-refractivity contribution in [3.8, 4) is 0 Å². The molecule has 0 spiro atoms. The molecule has 0 saturated carbocycles. The molecule has 1 unspecified atom stereocenters. The van der Waals surface area contributed by atoms with Crippen LogP contribution in [0.3, 0.4) is 0 Å². The second-order valence-electron chi connectivity index (χ2n) is 0.656. The SMILES string of the molecule is CC.CCO[P+](=O)O. The summed E-state index contributed by atoms with van der Waals surface area (Å²) in [6, 6.07) is 0. The molecule has 1 N–H and O–H groups in total. The summed E-state index contributed by atoms with van der Waals surface area (Å²) >= 11 is 0. The first-order chi connectivity index (χ1) is 3.77. The van der Waals surface area contributed by atoms with Gasteiger partial charge in [-0.15, -0.1) is 9.42 Å². The zero-order chi connectivity index (χ0) is 6.99. The molecule has 0 heterocycles. The molecule has 0 aromatic rings. The lowest BCUT2D eigenvalue weighted by Crippen LogP contribution is -1.72. The van der Waals surface area contributed by atoms with Crippen LogP contribution in [-0.4, -0.2) is 11.5 Å². The van der Waals surface area contributed by atoms with E-state index in [2.05, 4.69) is 4.52 Å². The first-order valence-corrected chi connectivity index (χ1v) is 3.69. The standard InChI is InChI=1S/C2H5O3P.C2H6/c1-2-5-6(3)4;1-2/h2H2,1H3;1-2H3/p+1. The molecule has 0 fully saturated rings. The molecule has 0 radical (unpaired) electrons. The van der Waals surface area contributed by atoms with E-state index in [1.807, 2.05) is 13.8 Å². The third-order valence-electron chi connectivity index (χ3n) is 0.240. The van der Waals surface area contributed by atoms with Crippen LogP contribution in [0, 0.1) is 0 Å². The highest BCUT2D eigenvalue weighted by atomic mass is 31.1. The third kappa shape index (κ3) is 16.6. The van der Waals surface area contributed by atoms with Gasteiger partial charge >= 0.3 is 8.25 Å². The van der Waals surface area contributed by atoms with Gasteiger partial charge in [-0.2, -0.15) is 0 Å². The van der Waals surface area contributed by atoms with Gasteiger partial charge in [-0.3, -0.25) is 0 Å². The maximum absolute atomic E-state index is 9.53. The molecule has 0 aliphatic heterocycles. The lowest BCUT2D eigenvalue weighted by molar-refractivity contribution is 0.297. The minimum absolute atomic E-state index is 0.297. The Balaban J connectivity index is 0. The van der Waals surface area contributed by atoms with Crippen molar-refractivity contribution >= 4 is 8.25 Å². The van der Waals surface area contributed by atoms with Crippen LogP contribution >= 0.6 is 8.25 Å². The topological polar surface area (TPSA) is 46.5 Å². The molecule has 0 rings (SSSR count). The zero-order valence-electron chi connectivity index (χ0n) is 5.42. The molecule has 0 amide bonds.